The molecule has 4 nitrogen and oxygen atoms in total. The molecule has 0 unspecified atom stereocenters. The van der Waals surface area contributed by atoms with E-state index in [0.717, 1.165) is 0 Å². The Morgan fingerprint density at radius 2 is 1.94 bits per heavy atom. The molecule has 0 aliphatic heterocycles. The Balaban J connectivity index is 2.85. The van der Waals surface area contributed by atoms with Crippen LogP contribution in [0.2, 0.25) is 0 Å². The summed E-state index contributed by atoms with van der Waals surface area (Å²) in [4.78, 5) is 10.2. The Bertz CT molecular complexity index is 397. The fraction of sp³-hybridized carbons (Fsp3) is 0.429. The average Bonchev–Trinajstić information content (AvgIpc) is 2.49. The molecular weight excluding hydrogens is 241 g/mol. The number of carboxylic acids is 1. The van der Waals surface area contributed by atoms with Crippen molar-refractivity contribution in [2.24, 2.45) is 0 Å². The first kappa shape index (κ1) is 12.4. The third-order valence-electron chi connectivity index (χ3n) is 1.59. The number of alkyl halides is 5. The van der Waals surface area contributed by atoms with E-state index in [1.807, 2.05) is 0 Å². The van der Waals surface area contributed by atoms with Crippen LogP contribution < -0.4 is 0 Å². The van der Waals surface area contributed by atoms with Crippen molar-refractivity contribution in [2.75, 3.05) is 0 Å². The lowest BCUT2D eigenvalue weighted by Gasteiger charge is -2.17. The average molecular weight is 245 g/mol. The summed E-state index contributed by atoms with van der Waals surface area (Å²) in [5, 5.41) is 11.1. The quantitative estimate of drug-likeness (QED) is 0.828. The van der Waals surface area contributed by atoms with Crippen molar-refractivity contribution in [3.8, 4) is 0 Å². The summed E-state index contributed by atoms with van der Waals surface area (Å²) in [5.41, 5.74) is -0.729. The van der Waals surface area contributed by atoms with Gasteiger partial charge < -0.3 is 9.63 Å². The molecular formula is C7H4F5NO3. The van der Waals surface area contributed by atoms with E-state index in [0.29, 0.717) is 6.07 Å². The topological polar surface area (TPSA) is 63.3 Å². The Kier molecular flexibility index (Phi) is 2.89. The molecule has 16 heavy (non-hydrogen) atoms. The van der Waals surface area contributed by atoms with Gasteiger partial charge in [0.25, 0.3) is 0 Å². The number of nitrogens with zero attached hydrogens (tertiary/aromatic N) is 1. The SMILES string of the molecule is O=C(O)c1cc(CC(F)(F)C(F)(F)F)on1. The summed E-state index contributed by atoms with van der Waals surface area (Å²) in [6, 6.07) is 0.516. The molecule has 0 saturated carbocycles. The maximum absolute atomic E-state index is 12.5. The third-order valence-corrected chi connectivity index (χ3v) is 1.59. The van der Waals surface area contributed by atoms with Crippen molar-refractivity contribution in [1.82, 2.24) is 5.16 Å². The van der Waals surface area contributed by atoms with Gasteiger partial charge in [-0.2, -0.15) is 22.0 Å². The van der Waals surface area contributed by atoms with Gasteiger partial charge in [0, 0.05) is 6.07 Å². The van der Waals surface area contributed by atoms with Crippen molar-refractivity contribution in [1.29, 1.82) is 0 Å². The van der Waals surface area contributed by atoms with Gasteiger partial charge in [0.05, 0.1) is 6.42 Å². The summed E-state index contributed by atoms with van der Waals surface area (Å²) in [5.74, 6) is -7.41. The Labute approximate surface area is 84.6 Å². The maximum atomic E-state index is 12.5. The highest BCUT2D eigenvalue weighted by molar-refractivity contribution is 5.85. The fourth-order valence-corrected chi connectivity index (χ4v) is 0.816. The van der Waals surface area contributed by atoms with Gasteiger partial charge in [-0.1, -0.05) is 5.16 Å². The highest BCUT2D eigenvalue weighted by atomic mass is 19.4. The van der Waals surface area contributed by atoms with Crippen LogP contribution in [0, 0.1) is 0 Å². The third kappa shape index (κ3) is 2.47. The number of halogens is 5. The summed E-state index contributed by atoms with van der Waals surface area (Å²) < 4.78 is 64.2. The van der Waals surface area contributed by atoms with Gasteiger partial charge >= 0.3 is 18.1 Å². The molecule has 1 aromatic rings. The summed E-state index contributed by atoms with van der Waals surface area (Å²) in [6.45, 7) is 0. The van der Waals surface area contributed by atoms with Crippen LogP contribution in [0.15, 0.2) is 10.6 Å². The molecule has 0 bridgehead atoms. The van der Waals surface area contributed by atoms with Crippen LogP contribution in [0.4, 0.5) is 22.0 Å². The van der Waals surface area contributed by atoms with Gasteiger partial charge in [0.1, 0.15) is 5.76 Å². The first-order chi connectivity index (χ1) is 7.13. The zero-order valence-corrected chi connectivity index (χ0v) is 7.39. The largest absolute Gasteiger partial charge is 0.476 e. The molecule has 0 fully saturated rings. The second-order valence-corrected chi connectivity index (χ2v) is 2.86. The van der Waals surface area contributed by atoms with Gasteiger partial charge in [-0.15, -0.1) is 0 Å². The van der Waals surface area contributed by atoms with Crippen molar-refractivity contribution in [3.05, 3.63) is 17.5 Å². The zero-order chi connectivity index (χ0) is 12.6. The Hall–Kier alpha value is -1.67. The molecule has 1 N–H and O–H groups in total. The fourth-order valence-electron chi connectivity index (χ4n) is 0.816. The number of aromatic carboxylic acids is 1. The number of rotatable bonds is 3. The van der Waals surface area contributed by atoms with Crippen LogP contribution in [0.5, 0.6) is 0 Å². The molecule has 1 rings (SSSR count). The predicted molar refractivity (Wildman–Crippen MR) is 38.2 cm³/mol. The van der Waals surface area contributed by atoms with Crippen LogP contribution in [-0.4, -0.2) is 28.3 Å². The highest BCUT2D eigenvalue weighted by Crippen LogP contribution is 2.37. The Morgan fingerprint density at radius 3 is 2.31 bits per heavy atom. The summed E-state index contributed by atoms with van der Waals surface area (Å²) >= 11 is 0. The molecule has 0 amide bonds. The van der Waals surface area contributed by atoms with Crippen molar-refractivity contribution in [2.45, 2.75) is 18.5 Å². The van der Waals surface area contributed by atoms with E-state index in [2.05, 4.69) is 9.68 Å². The zero-order valence-electron chi connectivity index (χ0n) is 7.39. The van der Waals surface area contributed by atoms with Gasteiger partial charge in [0.15, 0.2) is 5.69 Å². The number of hydrogen-bond acceptors (Lipinski definition) is 3. The number of hydrogen-bond donors (Lipinski definition) is 1. The smallest absolute Gasteiger partial charge is 0.453 e. The van der Waals surface area contributed by atoms with Crippen molar-refractivity contribution >= 4 is 5.97 Å². The first-order valence-corrected chi connectivity index (χ1v) is 3.77. The number of aromatic nitrogens is 1. The molecule has 0 spiro atoms. The molecule has 0 radical (unpaired) electrons. The van der Waals surface area contributed by atoms with Crippen LogP contribution in [0.3, 0.4) is 0 Å². The van der Waals surface area contributed by atoms with Crippen molar-refractivity contribution < 1.29 is 36.4 Å². The molecule has 1 heterocycles. The minimum atomic E-state index is -5.72. The molecule has 0 atom stereocenters. The van der Waals surface area contributed by atoms with Crippen LogP contribution in [0.1, 0.15) is 16.2 Å². The van der Waals surface area contributed by atoms with Crippen LogP contribution >= 0.6 is 0 Å². The lowest BCUT2D eigenvalue weighted by Crippen LogP contribution is -2.38. The number of carboxylic acid groups (broad SMARTS) is 1. The van der Waals surface area contributed by atoms with Gasteiger partial charge in [-0.25, -0.2) is 4.79 Å². The minimum absolute atomic E-state index is 0.516. The van der Waals surface area contributed by atoms with Gasteiger partial charge in [-0.3, -0.25) is 0 Å². The number of carbonyl (C=O) groups is 1. The molecule has 0 aliphatic rings. The van der Waals surface area contributed by atoms with E-state index in [1.54, 1.807) is 0 Å². The van der Waals surface area contributed by atoms with E-state index in [1.165, 1.54) is 0 Å². The molecule has 0 aliphatic carbocycles. The van der Waals surface area contributed by atoms with E-state index in [-0.39, 0.29) is 0 Å². The van der Waals surface area contributed by atoms with Crippen molar-refractivity contribution in [3.63, 3.8) is 0 Å². The normalized spacial score (nSPS) is 12.8. The van der Waals surface area contributed by atoms with Gasteiger partial charge in [-0.05, 0) is 0 Å². The highest BCUT2D eigenvalue weighted by Gasteiger charge is 2.57. The van der Waals surface area contributed by atoms with E-state index >= 15 is 0 Å². The molecule has 90 valence electrons. The van der Waals surface area contributed by atoms with E-state index in [9.17, 15) is 26.7 Å². The maximum Gasteiger partial charge on any atom is 0.453 e. The predicted octanol–water partition coefficient (Wildman–Crippen LogP) is 2.11. The lowest BCUT2D eigenvalue weighted by molar-refractivity contribution is -0.282. The van der Waals surface area contributed by atoms with E-state index in [4.69, 9.17) is 5.11 Å². The Morgan fingerprint density at radius 1 is 1.38 bits per heavy atom. The summed E-state index contributed by atoms with van der Waals surface area (Å²) in [6.07, 6.45) is -7.50. The molecule has 0 aromatic carbocycles. The molecule has 9 heteroatoms. The second kappa shape index (κ2) is 3.72. The molecule has 0 saturated heterocycles. The first-order valence-electron chi connectivity index (χ1n) is 3.77. The van der Waals surface area contributed by atoms with E-state index < -0.39 is 35.9 Å². The van der Waals surface area contributed by atoms with Gasteiger partial charge in [0.2, 0.25) is 0 Å². The van der Waals surface area contributed by atoms with Crippen LogP contribution in [-0.2, 0) is 6.42 Å². The standard InChI is InChI=1S/C7H4F5NO3/c8-6(9,7(10,11)12)2-3-1-4(5(14)15)13-16-3/h1H,2H2,(H,14,15). The monoisotopic (exact) mass is 245 g/mol. The minimum Gasteiger partial charge on any atom is -0.476 e. The second-order valence-electron chi connectivity index (χ2n) is 2.86. The van der Waals surface area contributed by atoms with Crippen LogP contribution in [0.25, 0.3) is 0 Å². The molecule has 1 aromatic heterocycles. The lowest BCUT2D eigenvalue weighted by atomic mass is 10.2. The summed E-state index contributed by atoms with van der Waals surface area (Å²) in [7, 11) is 0.